The molecule has 1 N–H and O–H groups in total. The van der Waals surface area contributed by atoms with E-state index in [0.717, 1.165) is 6.20 Å². The molecule has 2 fully saturated rings. The maximum atomic E-state index is 13.7. The Bertz CT molecular complexity index is 1230. The number of carbonyl (C=O) groups excluding carboxylic acids is 3. The van der Waals surface area contributed by atoms with Crippen LogP contribution in [-0.4, -0.2) is 65.4 Å². The summed E-state index contributed by atoms with van der Waals surface area (Å²) < 4.78 is 46.1. The van der Waals surface area contributed by atoms with Gasteiger partial charge in [0.05, 0.1) is 17.9 Å². The van der Waals surface area contributed by atoms with E-state index in [0.29, 0.717) is 48.0 Å². The van der Waals surface area contributed by atoms with Crippen molar-refractivity contribution in [2.75, 3.05) is 26.8 Å². The molecule has 0 aliphatic carbocycles. The van der Waals surface area contributed by atoms with Crippen LogP contribution < -0.4 is 5.32 Å². The van der Waals surface area contributed by atoms with E-state index in [1.807, 2.05) is 4.90 Å². The van der Waals surface area contributed by atoms with Crippen molar-refractivity contribution in [1.82, 2.24) is 20.1 Å². The molecule has 0 radical (unpaired) electrons. The Morgan fingerprint density at radius 3 is 2.64 bits per heavy atom. The van der Waals surface area contributed by atoms with Crippen LogP contribution in [0.4, 0.5) is 13.2 Å². The van der Waals surface area contributed by atoms with Gasteiger partial charge in [0.25, 0.3) is 5.91 Å². The van der Waals surface area contributed by atoms with Crippen LogP contribution >= 0.6 is 0 Å². The number of fused-ring (bicyclic) bond motifs is 1. The van der Waals surface area contributed by atoms with Gasteiger partial charge >= 0.3 is 6.18 Å². The Kier molecular flexibility index (Phi) is 6.29. The third-order valence-electron chi connectivity index (χ3n) is 6.94. The molecule has 0 bridgehead atoms. The van der Waals surface area contributed by atoms with Gasteiger partial charge in [0.15, 0.2) is 0 Å². The van der Waals surface area contributed by atoms with E-state index >= 15 is 0 Å². The quantitative estimate of drug-likeness (QED) is 0.611. The van der Waals surface area contributed by atoms with E-state index in [1.165, 1.54) is 11.0 Å². The summed E-state index contributed by atoms with van der Waals surface area (Å²) >= 11 is 0. The Hall–Kier alpha value is -3.31. The molecule has 3 aliphatic heterocycles. The van der Waals surface area contributed by atoms with E-state index in [2.05, 4.69) is 10.3 Å². The first-order chi connectivity index (χ1) is 17.1. The van der Waals surface area contributed by atoms with Crippen LogP contribution in [0.15, 0.2) is 30.5 Å². The highest BCUT2D eigenvalue weighted by Crippen LogP contribution is 2.36. The number of benzene rings is 1. The van der Waals surface area contributed by atoms with Gasteiger partial charge in [-0.15, -0.1) is 0 Å². The monoisotopic (exact) mass is 502 g/mol. The molecular formula is C25H25F3N4O4. The summed E-state index contributed by atoms with van der Waals surface area (Å²) in [5.41, 5.74) is 1.44. The van der Waals surface area contributed by atoms with Crippen LogP contribution in [0, 0.1) is 5.92 Å². The summed E-state index contributed by atoms with van der Waals surface area (Å²) in [6, 6.07) is 5.73. The first kappa shape index (κ1) is 24.4. The molecule has 190 valence electrons. The largest absolute Gasteiger partial charge is 0.418 e. The fourth-order valence-electron chi connectivity index (χ4n) is 5.16. The van der Waals surface area contributed by atoms with Crippen LogP contribution in [-0.2, 0) is 33.6 Å². The summed E-state index contributed by atoms with van der Waals surface area (Å²) in [6.07, 6.45) is -3.25. The minimum absolute atomic E-state index is 0.144. The maximum Gasteiger partial charge on any atom is 0.418 e. The fourth-order valence-corrected chi connectivity index (χ4v) is 5.16. The van der Waals surface area contributed by atoms with Gasteiger partial charge in [0, 0.05) is 63.0 Å². The molecule has 4 heterocycles. The van der Waals surface area contributed by atoms with Crippen LogP contribution in [0.5, 0.6) is 0 Å². The number of rotatable bonds is 6. The zero-order chi connectivity index (χ0) is 25.6. The zero-order valence-electron chi connectivity index (χ0n) is 19.6. The van der Waals surface area contributed by atoms with E-state index in [4.69, 9.17) is 4.74 Å². The number of aromatic nitrogens is 1. The predicted octanol–water partition coefficient (Wildman–Crippen LogP) is 2.61. The Balaban J connectivity index is 1.39. The molecule has 1 atom stereocenters. The van der Waals surface area contributed by atoms with Crippen molar-refractivity contribution >= 4 is 17.7 Å². The molecule has 3 amide bonds. The molecule has 0 saturated carbocycles. The molecule has 5 rings (SSSR count). The number of ether oxygens (including phenoxy) is 1. The van der Waals surface area contributed by atoms with E-state index in [-0.39, 0.29) is 43.3 Å². The highest BCUT2D eigenvalue weighted by atomic mass is 19.4. The number of nitrogens with one attached hydrogen (secondary N) is 1. The summed E-state index contributed by atoms with van der Waals surface area (Å²) in [7, 11) is 1.60. The number of methoxy groups -OCH3 is 1. The second-order valence-electron chi connectivity index (χ2n) is 9.51. The van der Waals surface area contributed by atoms with Crippen molar-refractivity contribution in [2.45, 2.75) is 38.1 Å². The topological polar surface area (TPSA) is 91.8 Å². The first-order valence-electron chi connectivity index (χ1n) is 11.7. The summed E-state index contributed by atoms with van der Waals surface area (Å²) in [5, 5.41) is 2.26. The summed E-state index contributed by atoms with van der Waals surface area (Å²) in [6.45, 7) is 2.24. The molecule has 1 aromatic carbocycles. The van der Waals surface area contributed by atoms with Gasteiger partial charge in [0.2, 0.25) is 11.8 Å². The van der Waals surface area contributed by atoms with Gasteiger partial charge < -0.3 is 9.64 Å². The highest BCUT2D eigenvalue weighted by molar-refractivity contribution is 6.05. The molecule has 2 aromatic rings. The lowest BCUT2D eigenvalue weighted by Gasteiger charge is -2.39. The molecule has 3 aliphatic rings. The normalized spacial score (nSPS) is 20.9. The van der Waals surface area contributed by atoms with Crippen molar-refractivity contribution in [3.63, 3.8) is 0 Å². The average molecular weight is 502 g/mol. The number of nitrogens with zero attached hydrogens (tertiary/aromatic N) is 3. The first-order valence-corrected chi connectivity index (χ1v) is 11.7. The second kappa shape index (κ2) is 9.29. The number of hydrogen-bond donors (Lipinski definition) is 1. The number of halogens is 3. The van der Waals surface area contributed by atoms with Crippen molar-refractivity contribution in [3.05, 3.63) is 52.7 Å². The number of alkyl halides is 3. The van der Waals surface area contributed by atoms with Crippen molar-refractivity contribution in [3.8, 4) is 11.3 Å². The third-order valence-corrected chi connectivity index (χ3v) is 6.94. The molecule has 8 nitrogen and oxygen atoms in total. The Morgan fingerprint density at radius 2 is 1.94 bits per heavy atom. The lowest BCUT2D eigenvalue weighted by atomic mass is 9.97. The van der Waals surface area contributed by atoms with Gasteiger partial charge in [-0.1, -0.05) is 6.07 Å². The maximum absolute atomic E-state index is 13.7. The van der Waals surface area contributed by atoms with Crippen molar-refractivity contribution in [2.24, 2.45) is 5.92 Å². The number of carbonyl (C=O) groups is 3. The van der Waals surface area contributed by atoms with Gasteiger partial charge in [-0.3, -0.25) is 29.6 Å². The number of hydrogen-bond acceptors (Lipinski definition) is 6. The number of amides is 3. The average Bonchev–Trinajstić information content (AvgIpc) is 3.12. The van der Waals surface area contributed by atoms with Crippen LogP contribution in [0.2, 0.25) is 0 Å². The van der Waals surface area contributed by atoms with Crippen molar-refractivity contribution in [1.29, 1.82) is 0 Å². The Morgan fingerprint density at radius 1 is 1.17 bits per heavy atom. The van der Waals surface area contributed by atoms with Gasteiger partial charge in [-0.2, -0.15) is 13.2 Å². The van der Waals surface area contributed by atoms with E-state index in [9.17, 15) is 27.6 Å². The van der Waals surface area contributed by atoms with Gasteiger partial charge in [0.1, 0.15) is 6.04 Å². The zero-order valence-corrected chi connectivity index (χ0v) is 19.6. The molecule has 36 heavy (non-hydrogen) atoms. The number of pyridine rings is 1. The van der Waals surface area contributed by atoms with Crippen LogP contribution in [0.1, 0.15) is 39.9 Å². The summed E-state index contributed by atoms with van der Waals surface area (Å²) in [5.74, 6) is -0.859. The molecule has 1 unspecified atom stereocenters. The minimum Gasteiger partial charge on any atom is -0.384 e. The van der Waals surface area contributed by atoms with Crippen molar-refractivity contribution < 1.29 is 32.3 Å². The summed E-state index contributed by atoms with van der Waals surface area (Å²) in [4.78, 5) is 44.1. The highest BCUT2D eigenvalue weighted by Gasteiger charge is 2.39. The standard InChI is InChI=1S/C25H25F3N4O4/c1-36-13-14-9-31(10-14)11-17-7-20(29-8-19(17)25(26,27)28)15-2-3-18-16(6-15)12-32(24(18)35)21-4-5-22(33)30-23(21)34/h2-3,6-8,14,21H,4-5,9-13H2,1H3,(H,30,33,34). The SMILES string of the molecule is COCC1CN(Cc2cc(-c3ccc4c(c3)CN(C3CCC(=O)NC3=O)C4=O)ncc2C(F)(F)F)C1. The smallest absolute Gasteiger partial charge is 0.384 e. The minimum atomic E-state index is -4.52. The second-order valence-corrected chi connectivity index (χ2v) is 9.51. The molecule has 2 saturated heterocycles. The lowest BCUT2D eigenvalue weighted by Crippen LogP contribution is -2.52. The number of likely N-dealkylation sites (tertiary alicyclic amines) is 1. The molecule has 1 aromatic heterocycles. The lowest BCUT2D eigenvalue weighted by molar-refractivity contribution is -0.139. The predicted molar refractivity (Wildman–Crippen MR) is 121 cm³/mol. The number of piperidine rings is 1. The van der Waals surface area contributed by atoms with Gasteiger partial charge in [-0.25, -0.2) is 0 Å². The van der Waals surface area contributed by atoms with Gasteiger partial charge in [-0.05, 0) is 35.7 Å². The van der Waals surface area contributed by atoms with Crippen LogP contribution in [0.25, 0.3) is 11.3 Å². The fraction of sp³-hybridized carbons (Fsp3) is 0.440. The van der Waals surface area contributed by atoms with E-state index < -0.39 is 23.7 Å². The van der Waals surface area contributed by atoms with E-state index in [1.54, 1.807) is 25.3 Å². The molecule has 11 heteroatoms. The van der Waals surface area contributed by atoms with Crippen LogP contribution in [0.3, 0.4) is 0 Å². The third kappa shape index (κ3) is 4.60. The molecule has 0 spiro atoms. The molecular weight excluding hydrogens is 477 g/mol. The number of imide groups is 1. The Labute approximate surface area is 205 Å².